The van der Waals surface area contributed by atoms with E-state index >= 15 is 0 Å². The molecular formula is C13H25N3. The molecule has 2 unspecified atom stereocenters. The van der Waals surface area contributed by atoms with E-state index < -0.39 is 0 Å². The van der Waals surface area contributed by atoms with Crippen molar-refractivity contribution in [1.29, 1.82) is 0 Å². The summed E-state index contributed by atoms with van der Waals surface area (Å²) in [6, 6.07) is 1.57. The molecule has 16 heavy (non-hydrogen) atoms. The molecule has 3 nitrogen and oxygen atoms in total. The van der Waals surface area contributed by atoms with Crippen molar-refractivity contribution in [1.82, 2.24) is 15.1 Å². The van der Waals surface area contributed by atoms with Gasteiger partial charge in [-0.3, -0.25) is 4.90 Å². The molecule has 3 rings (SSSR count). The van der Waals surface area contributed by atoms with Gasteiger partial charge in [0.25, 0.3) is 0 Å². The Kier molecular flexibility index (Phi) is 3.18. The first-order valence-corrected chi connectivity index (χ1v) is 6.99. The van der Waals surface area contributed by atoms with Crippen molar-refractivity contribution < 1.29 is 0 Å². The van der Waals surface area contributed by atoms with Crippen LogP contribution >= 0.6 is 0 Å². The highest BCUT2D eigenvalue weighted by molar-refractivity contribution is 4.94. The second-order valence-corrected chi connectivity index (χ2v) is 5.97. The van der Waals surface area contributed by atoms with Crippen molar-refractivity contribution in [2.24, 2.45) is 5.92 Å². The fourth-order valence-electron chi connectivity index (χ4n) is 3.76. The average Bonchev–Trinajstić information content (AvgIpc) is 2.82. The van der Waals surface area contributed by atoms with E-state index in [1.807, 2.05) is 0 Å². The molecule has 3 aliphatic rings. The number of likely N-dealkylation sites (N-methyl/N-ethyl adjacent to an activating group) is 1. The largest absolute Gasteiger partial charge is 0.311 e. The van der Waals surface area contributed by atoms with Gasteiger partial charge in [0.15, 0.2) is 0 Å². The van der Waals surface area contributed by atoms with Crippen molar-refractivity contribution in [3.05, 3.63) is 0 Å². The van der Waals surface area contributed by atoms with Gasteiger partial charge in [-0.15, -0.1) is 0 Å². The minimum atomic E-state index is 0.774. The molecule has 0 aromatic rings. The van der Waals surface area contributed by atoms with Crippen LogP contribution in [-0.4, -0.2) is 61.7 Å². The summed E-state index contributed by atoms with van der Waals surface area (Å²) in [7, 11) is 2.25. The van der Waals surface area contributed by atoms with Gasteiger partial charge in [0.05, 0.1) is 0 Å². The number of nitrogens with one attached hydrogen (secondary N) is 1. The number of hydrogen-bond donors (Lipinski definition) is 1. The SMILES string of the molecule is CN1CCN2CC(C3CCCC3)NCC2C1. The fraction of sp³-hybridized carbons (Fsp3) is 1.00. The number of hydrogen-bond acceptors (Lipinski definition) is 3. The molecule has 0 bridgehead atoms. The van der Waals surface area contributed by atoms with Crippen LogP contribution in [0, 0.1) is 5.92 Å². The van der Waals surface area contributed by atoms with Crippen LogP contribution < -0.4 is 5.32 Å². The summed E-state index contributed by atoms with van der Waals surface area (Å²) < 4.78 is 0. The van der Waals surface area contributed by atoms with Gasteiger partial charge in [-0.25, -0.2) is 0 Å². The topological polar surface area (TPSA) is 18.5 Å². The van der Waals surface area contributed by atoms with E-state index in [2.05, 4.69) is 22.2 Å². The summed E-state index contributed by atoms with van der Waals surface area (Å²) in [4.78, 5) is 5.21. The van der Waals surface area contributed by atoms with Crippen molar-refractivity contribution in [2.75, 3.05) is 39.8 Å². The molecule has 2 saturated heterocycles. The minimum absolute atomic E-state index is 0.774. The van der Waals surface area contributed by atoms with E-state index in [9.17, 15) is 0 Å². The molecule has 2 aliphatic heterocycles. The number of piperazine rings is 2. The van der Waals surface area contributed by atoms with Gasteiger partial charge in [0, 0.05) is 44.8 Å². The van der Waals surface area contributed by atoms with Crippen molar-refractivity contribution in [3.63, 3.8) is 0 Å². The van der Waals surface area contributed by atoms with Crippen LogP contribution in [0.3, 0.4) is 0 Å². The quantitative estimate of drug-likeness (QED) is 0.708. The summed E-state index contributed by atoms with van der Waals surface area (Å²) in [6.07, 6.45) is 5.87. The van der Waals surface area contributed by atoms with Crippen molar-refractivity contribution in [2.45, 2.75) is 37.8 Å². The molecule has 0 amide bonds. The predicted molar refractivity (Wildman–Crippen MR) is 66.6 cm³/mol. The molecule has 3 heteroatoms. The summed E-state index contributed by atoms with van der Waals surface area (Å²) in [5.41, 5.74) is 0. The highest BCUT2D eigenvalue weighted by Gasteiger charge is 2.35. The van der Waals surface area contributed by atoms with Gasteiger partial charge in [-0.2, -0.15) is 0 Å². The summed E-state index contributed by atoms with van der Waals surface area (Å²) >= 11 is 0. The van der Waals surface area contributed by atoms with Crippen LogP contribution in [0.2, 0.25) is 0 Å². The van der Waals surface area contributed by atoms with Gasteiger partial charge in [0.1, 0.15) is 0 Å². The summed E-state index contributed by atoms with van der Waals surface area (Å²) in [5, 5.41) is 3.81. The highest BCUT2D eigenvalue weighted by atomic mass is 15.3. The Morgan fingerprint density at radius 3 is 2.69 bits per heavy atom. The second-order valence-electron chi connectivity index (χ2n) is 5.97. The molecule has 3 fully saturated rings. The van der Waals surface area contributed by atoms with Gasteiger partial charge in [-0.1, -0.05) is 12.8 Å². The first-order chi connectivity index (χ1) is 7.83. The van der Waals surface area contributed by atoms with E-state index in [1.54, 1.807) is 0 Å². The number of rotatable bonds is 1. The Labute approximate surface area is 99.2 Å². The van der Waals surface area contributed by atoms with Crippen molar-refractivity contribution >= 4 is 0 Å². The van der Waals surface area contributed by atoms with Crippen LogP contribution in [0.25, 0.3) is 0 Å². The normalized spacial score (nSPS) is 38.8. The molecule has 1 saturated carbocycles. The first-order valence-electron chi connectivity index (χ1n) is 6.99. The Balaban J connectivity index is 1.58. The Bertz CT molecular complexity index is 237. The zero-order valence-corrected chi connectivity index (χ0v) is 10.5. The molecular weight excluding hydrogens is 198 g/mol. The molecule has 92 valence electrons. The van der Waals surface area contributed by atoms with Gasteiger partial charge in [0.2, 0.25) is 0 Å². The molecule has 0 aromatic heterocycles. The fourth-order valence-corrected chi connectivity index (χ4v) is 3.76. The van der Waals surface area contributed by atoms with E-state index in [1.165, 1.54) is 58.4 Å². The Morgan fingerprint density at radius 2 is 1.88 bits per heavy atom. The molecule has 2 heterocycles. The molecule has 2 atom stereocenters. The lowest BCUT2D eigenvalue weighted by atomic mass is 9.94. The third-order valence-corrected chi connectivity index (χ3v) is 4.82. The standard InChI is InChI=1S/C13H25N3/c1-15-6-7-16-10-13(11-4-2-3-5-11)14-8-12(16)9-15/h11-14H,2-10H2,1H3. The van der Waals surface area contributed by atoms with Crippen molar-refractivity contribution in [3.8, 4) is 0 Å². The smallest absolute Gasteiger partial charge is 0.0349 e. The van der Waals surface area contributed by atoms with Crippen LogP contribution in [0.5, 0.6) is 0 Å². The summed E-state index contributed by atoms with van der Waals surface area (Å²) in [6.45, 7) is 6.32. The minimum Gasteiger partial charge on any atom is -0.311 e. The van der Waals surface area contributed by atoms with Gasteiger partial charge in [-0.05, 0) is 25.8 Å². The predicted octanol–water partition coefficient (Wildman–Crippen LogP) is 0.764. The molecule has 1 aliphatic carbocycles. The Morgan fingerprint density at radius 1 is 1.06 bits per heavy atom. The van der Waals surface area contributed by atoms with Crippen LogP contribution in [0.15, 0.2) is 0 Å². The van der Waals surface area contributed by atoms with Gasteiger partial charge >= 0.3 is 0 Å². The zero-order chi connectivity index (χ0) is 11.0. The molecule has 0 spiro atoms. The summed E-state index contributed by atoms with van der Waals surface area (Å²) in [5.74, 6) is 0.973. The maximum atomic E-state index is 3.81. The Hall–Kier alpha value is -0.120. The van der Waals surface area contributed by atoms with E-state index in [0.29, 0.717) is 0 Å². The zero-order valence-electron chi connectivity index (χ0n) is 10.5. The monoisotopic (exact) mass is 223 g/mol. The molecule has 0 radical (unpaired) electrons. The number of fused-ring (bicyclic) bond motifs is 1. The highest BCUT2D eigenvalue weighted by Crippen LogP contribution is 2.29. The lowest BCUT2D eigenvalue weighted by Crippen LogP contribution is -2.64. The maximum Gasteiger partial charge on any atom is 0.0349 e. The maximum absolute atomic E-state index is 3.81. The first kappa shape index (κ1) is 11.0. The second kappa shape index (κ2) is 4.63. The molecule has 0 aromatic carbocycles. The lowest BCUT2D eigenvalue weighted by Gasteiger charge is -2.47. The lowest BCUT2D eigenvalue weighted by molar-refractivity contribution is 0.0428. The third-order valence-electron chi connectivity index (χ3n) is 4.82. The van der Waals surface area contributed by atoms with Crippen LogP contribution in [0.4, 0.5) is 0 Å². The van der Waals surface area contributed by atoms with Crippen LogP contribution in [-0.2, 0) is 0 Å². The van der Waals surface area contributed by atoms with E-state index in [4.69, 9.17) is 0 Å². The van der Waals surface area contributed by atoms with E-state index in [-0.39, 0.29) is 0 Å². The molecule has 1 N–H and O–H groups in total. The van der Waals surface area contributed by atoms with Gasteiger partial charge < -0.3 is 10.2 Å². The number of nitrogens with zero attached hydrogens (tertiary/aromatic N) is 2. The average molecular weight is 223 g/mol. The third kappa shape index (κ3) is 2.13. The van der Waals surface area contributed by atoms with Crippen LogP contribution in [0.1, 0.15) is 25.7 Å². The van der Waals surface area contributed by atoms with E-state index in [0.717, 1.165) is 18.0 Å².